The van der Waals surface area contributed by atoms with Gasteiger partial charge in [0.25, 0.3) is 0 Å². The van der Waals surface area contributed by atoms with E-state index in [1.807, 2.05) is 6.08 Å². The lowest BCUT2D eigenvalue weighted by Gasteiger charge is -2.15. The van der Waals surface area contributed by atoms with E-state index < -0.39 is 6.10 Å². The number of aliphatic hydroxyl groups is 1. The van der Waals surface area contributed by atoms with Crippen molar-refractivity contribution in [2.45, 2.75) is 110 Å². The summed E-state index contributed by atoms with van der Waals surface area (Å²) in [6, 6.07) is 0. The minimum Gasteiger partial charge on any atom is -0.457 e. The lowest BCUT2D eigenvalue weighted by atomic mass is 10.1. The summed E-state index contributed by atoms with van der Waals surface area (Å²) in [7, 11) is 0. The van der Waals surface area contributed by atoms with Crippen LogP contribution in [0.4, 0.5) is 0 Å². The van der Waals surface area contributed by atoms with Gasteiger partial charge in [-0.25, -0.2) is 0 Å². The van der Waals surface area contributed by atoms with Crippen LogP contribution < -0.4 is 0 Å². The van der Waals surface area contributed by atoms with Crippen LogP contribution in [0.1, 0.15) is 104 Å². The molecule has 1 unspecified atom stereocenters. The molecule has 0 saturated carbocycles. The topological polar surface area (TPSA) is 55.8 Å². The molecule has 0 rings (SSSR count). The third-order valence-corrected chi connectivity index (χ3v) is 5.56. The third kappa shape index (κ3) is 28.3. The molecule has 0 aromatic carbocycles. The maximum absolute atomic E-state index is 12.0. The molecule has 0 aliphatic rings. The van der Waals surface area contributed by atoms with E-state index in [1.165, 1.54) is 25.7 Å². The Bertz CT molecular complexity index is 670. The molecule has 0 aromatic heterocycles. The van der Waals surface area contributed by atoms with Gasteiger partial charge in [0.15, 0.2) is 0 Å². The maximum atomic E-state index is 12.0. The van der Waals surface area contributed by atoms with Crippen molar-refractivity contribution < 1.29 is 19.4 Å². The Morgan fingerprint density at radius 1 is 0.676 bits per heavy atom. The summed E-state index contributed by atoms with van der Waals surface area (Å²) in [6.07, 6.45) is 39.4. The second kappa shape index (κ2) is 30.1. The Labute approximate surface area is 227 Å². The fraction of sp³-hybridized carbons (Fsp3) is 0.606. The molecule has 37 heavy (non-hydrogen) atoms. The molecule has 1 atom stereocenters. The number of unbranched alkanes of at least 4 members (excludes halogenated alkanes) is 5. The first-order valence-electron chi connectivity index (χ1n) is 14.5. The summed E-state index contributed by atoms with van der Waals surface area (Å²) in [5, 5.41) is 9.42. The first kappa shape index (κ1) is 34.8. The van der Waals surface area contributed by atoms with Gasteiger partial charge in [-0.05, 0) is 51.4 Å². The van der Waals surface area contributed by atoms with Crippen molar-refractivity contribution in [3.8, 4) is 0 Å². The molecule has 4 heteroatoms. The predicted molar refractivity (Wildman–Crippen MR) is 159 cm³/mol. The first-order chi connectivity index (χ1) is 18.2. The van der Waals surface area contributed by atoms with Crippen LogP contribution in [-0.4, -0.2) is 37.0 Å². The second-order valence-electron chi connectivity index (χ2n) is 9.09. The smallest absolute Gasteiger partial charge is 0.306 e. The molecule has 0 bridgehead atoms. The van der Waals surface area contributed by atoms with E-state index in [9.17, 15) is 9.90 Å². The Morgan fingerprint density at radius 2 is 1.16 bits per heavy atom. The summed E-state index contributed by atoms with van der Waals surface area (Å²) in [5.74, 6) is -0.290. The summed E-state index contributed by atoms with van der Waals surface area (Å²) >= 11 is 0. The number of carbonyl (C=O) groups excluding carboxylic acids is 1. The quantitative estimate of drug-likeness (QED) is 0.0751. The standard InChI is InChI=1S/C33H54O4/c1-3-5-7-9-11-12-13-14-15-16-17-18-19-20-21-22-23-24-26-28-33(35)37-32(30-34)31-36-29-27-25-10-8-6-4-2/h5,7,11-12,14-15,17-18,20-21,23-24,32,34H,3-4,6,8-10,13,16,19,22,25-31H2,1-2H3/b7-5-,12-11-,15-14-,18-17-,21-20-,24-23-. The van der Waals surface area contributed by atoms with E-state index in [0.29, 0.717) is 19.4 Å². The third-order valence-electron chi connectivity index (χ3n) is 5.56. The van der Waals surface area contributed by atoms with E-state index >= 15 is 0 Å². The van der Waals surface area contributed by atoms with Gasteiger partial charge < -0.3 is 14.6 Å². The molecule has 0 heterocycles. The number of aliphatic hydroxyl groups excluding tert-OH is 1. The highest BCUT2D eigenvalue weighted by molar-refractivity contribution is 5.69. The highest BCUT2D eigenvalue weighted by atomic mass is 16.6. The molecule has 0 radical (unpaired) electrons. The number of allylic oxidation sites excluding steroid dienone is 12. The molecular weight excluding hydrogens is 460 g/mol. The van der Waals surface area contributed by atoms with Crippen molar-refractivity contribution in [1.82, 2.24) is 0 Å². The molecule has 0 aliphatic carbocycles. The van der Waals surface area contributed by atoms with Crippen molar-refractivity contribution in [3.05, 3.63) is 72.9 Å². The summed E-state index contributed by atoms with van der Waals surface area (Å²) < 4.78 is 10.9. The summed E-state index contributed by atoms with van der Waals surface area (Å²) in [6.45, 7) is 5.07. The van der Waals surface area contributed by atoms with Crippen LogP contribution in [0, 0.1) is 0 Å². The summed E-state index contributed by atoms with van der Waals surface area (Å²) in [5.41, 5.74) is 0. The van der Waals surface area contributed by atoms with Crippen molar-refractivity contribution >= 4 is 5.97 Å². The molecule has 210 valence electrons. The van der Waals surface area contributed by atoms with E-state index in [2.05, 4.69) is 80.7 Å². The minimum atomic E-state index is -0.571. The molecule has 0 fully saturated rings. The number of ether oxygens (including phenoxy) is 2. The fourth-order valence-corrected chi connectivity index (χ4v) is 3.41. The summed E-state index contributed by atoms with van der Waals surface area (Å²) in [4.78, 5) is 12.0. The van der Waals surface area contributed by atoms with Gasteiger partial charge in [0.2, 0.25) is 0 Å². The highest BCUT2D eigenvalue weighted by Gasteiger charge is 2.13. The SMILES string of the molecule is CC/C=C\C/C=C\C/C=C\C/C=C\C/C=C\C/C=C\CCC(=O)OC(CO)COCCCCCCCC. The van der Waals surface area contributed by atoms with Gasteiger partial charge in [-0.1, -0.05) is 119 Å². The average molecular weight is 515 g/mol. The molecule has 0 spiro atoms. The van der Waals surface area contributed by atoms with Crippen LogP contribution >= 0.6 is 0 Å². The van der Waals surface area contributed by atoms with Crippen molar-refractivity contribution in [3.63, 3.8) is 0 Å². The average Bonchev–Trinajstić information content (AvgIpc) is 2.90. The van der Waals surface area contributed by atoms with Gasteiger partial charge in [0.05, 0.1) is 13.2 Å². The molecule has 0 aromatic rings. The van der Waals surface area contributed by atoms with Gasteiger partial charge in [-0.2, -0.15) is 0 Å². The van der Waals surface area contributed by atoms with Crippen molar-refractivity contribution in [2.24, 2.45) is 0 Å². The monoisotopic (exact) mass is 514 g/mol. The van der Waals surface area contributed by atoms with E-state index in [1.54, 1.807) is 0 Å². The second-order valence-corrected chi connectivity index (χ2v) is 9.09. The highest BCUT2D eigenvalue weighted by Crippen LogP contribution is 2.06. The van der Waals surface area contributed by atoms with Gasteiger partial charge >= 0.3 is 5.97 Å². The lowest BCUT2D eigenvalue weighted by molar-refractivity contribution is -0.154. The van der Waals surface area contributed by atoms with Gasteiger partial charge in [0, 0.05) is 13.0 Å². The molecule has 4 nitrogen and oxygen atoms in total. The normalized spacial score (nSPS) is 13.5. The number of esters is 1. The lowest BCUT2D eigenvalue weighted by Crippen LogP contribution is -2.27. The largest absolute Gasteiger partial charge is 0.457 e. The molecule has 0 amide bonds. The molecule has 0 aliphatic heterocycles. The molecular formula is C33H54O4. The number of rotatable bonds is 25. The Kier molecular flexibility index (Phi) is 28.3. The minimum absolute atomic E-state index is 0.206. The van der Waals surface area contributed by atoms with Crippen LogP contribution in [0.3, 0.4) is 0 Å². The van der Waals surface area contributed by atoms with Crippen LogP contribution in [0.5, 0.6) is 0 Å². The Morgan fingerprint density at radius 3 is 1.68 bits per heavy atom. The van der Waals surface area contributed by atoms with Crippen LogP contribution in [0.2, 0.25) is 0 Å². The van der Waals surface area contributed by atoms with Crippen molar-refractivity contribution in [1.29, 1.82) is 0 Å². The van der Waals surface area contributed by atoms with E-state index in [0.717, 1.165) is 51.4 Å². The number of hydrogen-bond acceptors (Lipinski definition) is 4. The molecule has 0 saturated heterocycles. The van der Waals surface area contributed by atoms with Gasteiger partial charge in [-0.15, -0.1) is 0 Å². The Balaban J connectivity index is 3.71. The zero-order chi connectivity index (χ0) is 27.1. The number of carbonyl (C=O) groups is 1. The van der Waals surface area contributed by atoms with E-state index in [4.69, 9.17) is 9.47 Å². The number of hydrogen-bond donors (Lipinski definition) is 1. The van der Waals surface area contributed by atoms with E-state index in [-0.39, 0.29) is 19.2 Å². The van der Waals surface area contributed by atoms with Crippen LogP contribution in [0.25, 0.3) is 0 Å². The fourth-order valence-electron chi connectivity index (χ4n) is 3.41. The van der Waals surface area contributed by atoms with Crippen LogP contribution in [-0.2, 0) is 14.3 Å². The van der Waals surface area contributed by atoms with Crippen molar-refractivity contribution in [2.75, 3.05) is 19.8 Å². The maximum Gasteiger partial charge on any atom is 0.306 e. The van der Waals surface area contributed by atoms with Gasteiger partial charge in [0.1, 0.15) is 6.10 Å². The van der Waals surface area contributed by atoms with Gasteiger partial charge in [-0.3, -0.25) is 4.79 Å². The predicted octanol–water partition coefficient (Wildman–Crippen LogP) is 8.75. The molecule has 1 N–H and O–H groups in total. The first-order valence-corrected chi connectivity index (χ1v) is 14.5. The van der Waals surface area contributed by atoms with Crippen LogP contribution in [0.15, 0.2) is 72.9 Å². The zero-order valence-electron chi connectivity index (χ0n) is 23.7. The Hall–Kier alpha value is -2.17. The zero-order valence-corrected chi connectivity index (χ0v) is 23.7.